The number of pyridine rings is 1. The first-order valence-electron chi connectivity index (χ1n) is 7.95. The quantitative estimate of drug-likeness (QED) is 0.914. The van der Waals surface area contributed by atoms with Crippen molar-refractivity contribution >= 4 is 0 Å². The van der Waals surface area contributed by atoms with E-state index >= 15 is 0 Å². The van der Waals surface area contributed by atoms with Crippen LogP contribution < -0.4 is 5.32 Å². The van der Waals surface area contributed by atoms with Crippen LogP contribution in [-0.2, 0) is 6.54 Å². The molecule has 2 heterocycles. The van der Waals surface area contributed by atoms with Crippen molar-refractivity contribution in [2.24, 2.45) is 5.92 Å². The molecule has 0 amide bonds. The zero-order chi connectivity index (χ0) is 14.2. The summed E-state index contributed by atoms with van der Waals surface area (Å²) in [5, 5.41) is 3.82. The van der Waals surface area contributed by atoms with Gasteiger partial charge in [-0.1, -0.05) is 6.92 Å². The van der Waals surface area contributed by atoms with Crippen LogP contribution in [0.4, 0.5) is 0 Å². The van der Waals surface area contributed by atoms with Crippen molar-refractivity contribution in [1.29, 1.82) is 0 Å². The second kappa shape index (κ2) is 5.12. The Balaban J connectivity index is 1.81. The van der Waals surface area contributed by atoms with Gasteiger partial charge in [0.2, 0.25) is 0 Å². The minimum atomic E-state index is 0.251. The van der Waals surface area contributed by atoms with Crippen LogP contribution in [0.5, 0.6) is 0 Å². The molecule has 2 atom stereocenters. The standard InChI is InChI=1S/C17H27N3/c1-4-16(2)13-20(11-14-7-9-18-10-8-14)17(3,12-19-16)15-5-6-15/h7-10,15,19H,4-6,11-13H2,1-3H3. The number of rotatable bonds is 4. The highest BCUT2D eigenvalue weighted by molar-refractivity contribution is 5.14. The summed E-state index contributed by atoms with van der Waals surface area (Å²) in [5.74, 6) is 0.873. The van der Waals surface area contributed by atoms with Crippen LogP contribution in [0.2, 0.25) is 0 Å². The zero-order valence-electron chi connectivity index (χ0n) is 13.0. The maximum absolute atomic E-state index is 4.14. The molecule has 1 saturated heterocycles. The molecule has 1 N–H and O–H groups in total. The number of piperazine rings is 1. The fourth-order valence-corrected chi connectivity index (χ4v) is 3.45. The van der Waals surface area contributed by atoms with Gasteiger partial charge in [0.05, 0.1) is 0 Å². The van der Waals surface area contributed by atoms with E-state index in [4.69, 9.17) is 0 Å². The van der Waals surface area contributed by atoms with Crippen LogP contribution in [0.3, 0.4) is 0 Å². The Bertz CT molecular complexity index is 457. The maximum Gasteiger partial charge on any atom is 0.0338 e. The summed E-state index contributed by atoms with van der Waals surface area (Å²) in [6.45, 7) is 10.4. The lowest BCUT2D eigenvalue weighted by molar-refractivity contribution is -0.00135. The van der Waals surface area contributed by atoms with Gasteiger partial charge < -0.3 is 5.32 Å². The summed E-state index contributed by atoms with van der Waals surface area (Å²) in [6.07, 6.45) is 7.79. The normalized spacial score (nSPS) is 35.1. The molecule has 1 aromatic rings. The van der Waals surface area contributed by atoms with Crippen molar-refractivity contribution in [1.82, 2.24) is 15.2 Å². The molecule has 1 saturated carbocycles. The molecule has 0 spiro atoms. The van der Waals surface area contributed by atoms with E-state index in [1.807, 2.05) is 12.4 Å². The van der Waals surface area contributed by atoms with Crippen molar-refractivity contribution in [2.45, 2.75) is 57.7 Å². The first-order chi connectivity index (χ1) is 9.56. The van der Waals surface area contributed by atoms with E-state index in [9.17, 15) is 0 Å². The van der Waals surface area contributed by atoms with E-state index in [0.29, 0.717) is 5.54 Å². The monoisotopic (exact) mass is 273 g/mol. The Labute approximate surface area is 122 Å². The Morgan fingerprint density at radius 3 is 2.60 bits per heavy atom. The average molecular weight is 273 g/mol. The van der Waals surface area contributed by atoms with Gasteiger partial charge in [-0.05, 0) is 56.7 Å². The Morgan fingerprint density at radius 1 is 1.30 bits per heavy atom. The Hall–Kier alpha value is -0.930. The van der Waals surface area contributed by atoms with Crippen molar-refractivity contribution in [3.8, 4) is 0 Å². The predicted octanol–water partition coefficient (Wildman–Crippen LogP) is 2.82. The molecule has 0 radical (unpaired) electrons. The molecule has 1 aliphatic heterocycles. The van der Waals surface area contributed by atoms with E-state index in [0.717, 1.165) is 25.6 Å². The van der Waals surface area contributed by atoms with Crippen LogP contribution in [0.25, 0.3) is 0 Å². The molecular weight excluding hydrogens is 246 g/mol. The largest absolute Gasteiger partial charge is 0.308 e. The fourth-order valence-electron chi connectivity index (χ4n) is 3.45. The van der Waals surface area contributed by atoms with Crippen LogP contribution in [0, 0.1) is 5.92 Å². The summed E-state index contributed by atoms with van der Waals surface area (Å²) < 4.78 is 0. The molecule has 2 unspecified atom stereocenters. The molecule has 3 rings (SSSR count). The minimum absolute atomic E-state index is 0.251. The molecule has 3 nitrogen and oxygen atoms in total. The van der Waals surface area contributed by atoms with Crippen molar-refractivity contribution in [2.75, 3.05) is 13.1 Å². The highest BCUT2D eigenvalue weighted by Crippen LogP contribution is 2.45. The van der Waals surface area contributed by atoms with E-state index in [-0.39, 0.29) is 5.54 Å². The van der Waals surface area contributed by atoms with Crippen molar-refractivity contribution < 1.29 is 0 Å². The molecule has 110 valence electrons. The summed E-state index contributed by atoms with van der Waals surface area (Å²) in [6, 6.07) is 4.30. The van der Waals surface area contributed by atoms with Gasteiger partial charge in [0, 0.05) is 43.1 Å². The van der Waals surface area contributed by atoms with E-state index < -0.39 is 0 Å². The Kier molecular flexibility index (Phi) is 3.59. The predicted molar refractivity (Wildman–Crippen MR) is 82.5 cm³/mol. The minimum Gasteiger partial charge on any atom is -0.308 e. The van der Waals surface area contributed by atoms with Crippen LogP contribution in [-0.4, -0.2) is 34.1 Å². The van der Waals surface area contributed by atoms with Gasteiger partial charge in [-0.3, -0.25) is 9.88 Å². The summed E-state index contributed by atoms with van der Waals surface area (Å²) >= 11 is 0. The smallest absolute Gasteiger partial charge is 0.0338 e. The number of aromatic nitrogens is 1. The highest BCUT2D eigenvalue weighted by Gasteiger charge is 2.50. The maximum atomic E-state index is 4.14. The molecule has 0 bridgehead atoms. The molecule has 1 aromatic heterocycles. The lowest BCUT2D eigenvalue weighted by atomic mass is 9.84. The number of hydrogen-bond acceptors (Lipinski definition) is 3. The van der Waals surface area contributed by atoms with Crippen LogP contribution >= 0.6 is 0 Å². The molecule has 3 heteroatoms. The van der Waals surface area contributed by atoms with Crippen molar-refractivity contribution in [3.05, 3.63) is 30.1 Å². The number of nitrogens with zero attached hydrogens (tertiary/aromatic N) is 2. The SMILES string of the molecule is CCC1(C)CN(Cc2ccncc2)C(C)(C2CC2)CN1. The van der Waals surface area contributed by atoms with Gasteiger partial charge in [-0.2, -0.15) is 0 Å². The summed E-state index contributed by atoms with van der Waals surface area (Å²) in [5.41, 5.74) is 1.95. The second-order valence-corrected chi connectivity index (χ2v) is 7.11. The average Bonchev–Trinajstić information content (AvgIpc) is 3.29. The molecular formula is C17H27N3. The van der Waals surface area contributed by atoms with E-state index in [1.165, 1.54) is 24.8 Å². The third-order valence-corrected chi connectivity index (χ3v) is 5.50. The second-order valence-electron chi connectivity index (χ2n) is 7.11. The van der Waals surface area contributed by atoms with Gasteiger partial charge in [0.15, 0.2) is 0 Å². The molecule has 2 fully saturated rings. The van der Waals surface area contributed by atoms with Gasteiger partial charge >= 0.3 is 0 Å². The zero-order valence-corrected chi connectivity index (χ0v) is 13.0. The van der Waals surface area contributed by atoms with Gasteiger partial charge in [-0.15, -0.1) is 0 Å². The third kappa shape index (κ3) is 2.61. The highest BCUT2D eigenvalue weighted by atomic mass is 15.3. The van der Waals surface area contributed by atoms with Gasteiger partial charge in [0.1, 0.15) is 0 Å². The van der Waals surface area contributed by atoms with Crippen molar-refractivity contribution in [3.63, 3.8) is 0 Å². The lowest BCUT2D eigenvalue weighted by Gasteiger charge is -2.53. The van der Waals surface area contributed by atoms with Crippen LogP contribution in [0.1, 0.15) is 45.6 Å². The first kappa shape index (κ1) is 14.0. The lowest BCUT2D eigenvalue weighted by Crippen LogP contribution is -2.68. The molecule has 2 aliphatic rings. The summed E-state index contributed by atoms with van der Waals surface area (Å²) in [7, 11) is 0. The van der Waals surface area contributed by atoms with Crippen LogP contribution in [0.15, 0.2) is 24.5 Å². The molecule has 0 aromatic carbocycles. The number of hydrogen-bond donors (Lipinski definition) is 1. The Morgan fingerprint density at radius 2 is 2.00 bits per heavy atom. The molecule has 20 heavy (non-hydrogen) atoms. The first-order valence-corrected chi connectivity index (χ1v) is 7.95. The third-order valence-electron chi connectivity index (χ3n) is 5.50. The number of nitrogens with one attached hydrogen (secondary N) is 1. The fraction of sp³-hybridized carbons (Fsp3) is 0.706. The van der Waals surface area contributed by atoms with E-state index in [2.05, 4.69) is 48.1 Å². The van der Waals surface area contributed by atoms with Gasteiger partial charge in [-0.25, -0.2) is 0 Å². The van der Waals surface area contributed by atoms with Gasteiger partial charge in [0.25, 0.3) is 0 Å². The summed E-state index contributed by atoms with van der Waals surface area (Å²) in [4.78, 5) is 6.86. The topological polar surface area (TPSA) is 28.2 Å². The van der Waals surface area contributed by atoms with E-state index in [1.54, 1.807) is 0 Å². The molecule has 1 aliphatic carbocycles.